The van der Waals surface area contributed by atoms with Crippen molar-refractivity contribution in [1.29, 1.82) is 0 Å². The summed E-state index contributed by atoms with van der Waals surface area (Å²) in [5.74, 6) is -1.54. The van der Waals surface area contributed by atoms with Gasteiger partial charge in [0.2, 0.25) is 5.88 Å². The maximum absolute atomic E-state index is 12.6. The molecule has 1 unspecified atom stereocenters. The van der Waals surface area contributed by atoms with Crippen molar-refractivity contribution in [3.63, 3.8) is 0 Å². The number of carbonyl (C=O) groups is 1. The van der Waals surface area contributed by atoms with Crippen LogP contribution in [0.25, 0.3) is 0 Å². The Hall–Kier alpha value is -1.06. The molecule has 0 radical (unpaired) electrons. The van der Waals surface area contributed by atoms with Crippen molar-refractivity contribution >= 4 is 28.5 Å². The molecule has 1 amide bonds. The van der Waals surface area contributed by atoms with Crippen molar-refractivity contribution < 1.29 is 22.7 Å². The zero-order chi connectivity index (χ0) is 15.8. The average molecular weight is 414 g/mol. The Labute approximate surface area is 133 Å². The molecule has 1 aromatic heterocycles. The van der Waals surface area contributed by atoms with E-state index in [1.807, 2.05) is 6.07 Å². The van der Waals surface area contributed by atoms with Gasteiger partial charge in [-0.05, 0) is 34.2 Å². The van der Waals surface area contributed by atoms with Gasteiger partial charge in [0.1, 0.15) is 0 Å². The van der Waals surface area contributed by atoms with Gasteiger partial charge in [-0.3, -0.25) is 4.79 Å². The molecule has 1 aliphatic heterocycles. The summed E-state index contributed by atoms with van der Waals surface area (Å²) in [4.78, 5) is 16.6. The number of halogens is 4. The number of carbonyl (C=O) groups excluding carboxylic acids is 1. The number of hydrogen-bond acceptors (Lipinski definition) is 3. The normalized spacial score (nSPS) is 19.0. The lowest BCUT2D eigenvalue weighted by Crippen LogP contribution is -2.42. The van der Waals surface area contributed by atoms with Crippen LogP contribution >= 0.6 is 22.6 Å². The molecular weight excluding hydrogens is 400 g/mol. The lowest BCUT2D eigenvalue weighted by molar-refractivity contribution is -0.185. The van der Waals surface area contributed by atoms with E-state index >= 15 is 0 Å². The standard InChI is InChI=1S/C13H14F3IN2O2/c1-7-6-19(12(20)13(14,15)16)4-3-10-8(7)5-9(17)11(18-10)21-2/h5,7H,3-4,6H2,1-2H3. The molecule has 0 saturated heterocycles. The van der Waals surface area contributed by atoms with Gasteiger partial charge in [-0.2, -0.15) is 13.2 Å². The number of nitrogens with zero attached hydrogens (tertiary/aromatic N) is 2. The number of hydrogen-bond donors (Lipinski definition) is 0. The lowest BCUT2D eigenvalue weighted by Gasteiger charge is -2.23. The van der Waals surface area contributed by atoms with E-state index in [4.69, 9.17) is 4.74 Å². The van der Waals surface area contributed by atoms with Crippen LogP contribution in [0.15, 0.2) is 6.07 Å². The third kappa shape index (κ3) is 3.41. The van der Waals surface area contributed by atoms with E-state index in [0.29, 0.717) is 11.6 Å². The second-order valence-corrected chi connectivity index (χ2v) is 6.08. The molecule has 0 aliphatic carbocycles. The molecule has 1 atom stereocenters. The Balaban J connectivity index is 2.31. The highest BCUT2D eigenvalue weighted by atomic mass is 127. The number of alkyl halides is 3. The fourth-order valence-electron chi connectivity index (χ4n) is 2.42. The van der Waals surface area contributed by atoms with Gasteiger partial charge in [-0.25, -0.2) is 4.98 Å². The van der Waals surface area contributed by atoms with Gasteiger partial charge >= 0.3 is 12.1 Å². The van der Waals surface area contributed by atoms with Crippen molar-refractivity contribution in [3.05, 3.63) is 20.9 Å². The third-order valence-electron chi connectivity index (χ3n) is 3.42. The highest BCUT2D eigenvalue weighted by Crippen LogP contribution is 2.31. The van der Waals surface area contributed by atoms with Crippen LogP contribution in [-0.2, 0) is 11.2 Å². The quantitative estimate of drug-likeness (QED) is 0.664. The third-order valence-corrected chi connectivity index (χ3v) is 4.20. The van der Waals surface area contributed by atoms with Crippen LogP contribution in [-0.4, -0.2) is 42.2 Å². The van der Waals surface area contributed by atoms with E-state index in [1.165, 1.54) is 7.11 Å². The van der Waals surface area contributed by atoms with Gasteiger partial charge in [0, 0.05) is 31.1 Å². The summed E-state index contributed by atoms with van der Waals surface area (Å²) in [6.45, 7) is 1.84. The first-order chi connectivity index (χ1) is 9.74. The number of amides is 1. The SMILES string of the molecule is COc1nc2c(cc1I)C(C)CN(C(=O)C(F)(F)F)CC2. The second kappa shape index (κ2) is 5.98. The first-order valence-electron chi connectivity index (χ1n) is 6.33. The first-order valence-corrected chi connectivity index (χ1v) is 7.41. The summed E-state index contributed by atoms with van der Waals surface area (Å²) < 4.78 is 43.7. The molecule has 0 fully saturated rings. The Morgan fingerprint density at radius 2 is 2.19 bits per heavy atom. The zero-order valence-corrected chi connectivity index (χ0v) is 13.7. The predicted molar refractivity (Wildman–Crippen MR) is 78.3 cm³/mol. The van der Waals surface area contributed by atoms with E-state index in [1.54, 1.807) is 6.92 Å². The van der Waals surface area contributed by atoms with Crippen LogP contribution in [0.2, 0.25) is 0 Å². The molecule has 8 heteroatoms. The smallest absolute Gasteiger partial charge is 0.471 e. The van der Waals surface area contributed by atoms with Crippen molar-refractivity contribution in [3.8, 4) is 5.88 Å². The number of aromatic nitrogens is 1. The Morgan fingerprint density at radius 3 is 2.76 bits per heavy atom. The van der Waals surface area contributed by atoms with E-state index in [9.17, 15) is 18.0 Å². The van der Waals surface area contributed by atoms with Gasteiger partial charge in [-0.1, -0.05) is 6.92 Å². The molecule has 4 nitrogen and oxygen atoms in total. The van der Waals surface area contributed by atoms with Gasteiger partial charge in [0.25, 0.3) is 0 Å². The van der Waals surface area contributed by atoms with Gasteiger partial charge in [-0.15, -0.1) is 0 Å². The fourth-order valence-corrected chi connectivity index (χ4v) is 3.09. The van der Waals surface area contributed by atoms with Crippen LogP contribution < -0.4 is 4.74 Å². The van der Waals surface area contributed by atoms with Crippen LogP contribution in [0.1, 0.15) is 24.1 Å². The Morgan fingerprint density at radius 1 is 1.52 bits per heavy atom. The van der Waals surface area contributed by atoms with Crippen molar-refractivity contribution in [2.75, 3.05) is 20.2 Å². The van der Waals surface area contributed by atoms with Crippen LogP contribution in [0.5, 0.6) is 5.88 Å². The molecule has 2 heterocycles. The number of methoxy groups -OCH3 is 1. The molecule has 21 heavy (non-hydrogen) atoms. The van der Waals surface area contributed by atoms with Crippen molar-refractivity contribution in [1.82, 2.24) is 9.88 Å². The summed E-state index contributed by atoms with van der Waals surface area (Å²) in [5, 5.41) is 0. The largest absolute Gasteiger partial charge is 0.480 e. The van der Waals surface area contributed by atoms with E-state index in [0.717, 1.165) is 14.0 Å². The van der Waals surface area contributed by atoms with Gasteiger partial charge in [0.05, 0.1) is 10.7 Å². The summed E-state index contributed by atoms with van der Waals surface area (Å²) in [7, 11) is 1.50. The minimum atomic E-state index is -4.84. The molecule has 0 N–H and O–H groups in total. The highest BCUT2D eigenvalue weighted by Gasteiger charge is 2.43. The molecular formula is C13H14F3IN2O2. The maximum atomic E-state index is 12.6. The maximum Gasteiger partial charge on any atom is 0.471 e. The Bertz CT molecular complexity index is 563. The van der Waals surface area contributed by atoms with E-state index in [2.05, 4.69) is 27.6 Å². The molecule has 1 aliphatic rings. The number of ether oxygens (including phenoxy) is 1. The minimum Gasteiger partial charge on any atom is -0.480 e. The van der Waals surface area contributed by atoms with Gasteiger partial charge in [0.15, 0.2) is 0 Å². The van der Waals surface area contributed by atoms with Crippen LogP contribution in [0.4, 0.5) is 13.2 Å². The summed E-state index contributed by atoms with van der Waals surface area (Å²) in [6.07, 6.45) is -4.55. The van der Waals surface area contributed by atoms with Crippen LogP contribution in [0, 0.1) is 3.57 Å². The molecule has 0 bridgehead atoms. The second-order valence-electron chi connectivity index (χ2n) is 4.92. The van der Waals surface area contributed by atoms with Crippen LogP contribution in [0.3, 0.4) is 0 Å². The van der Waals surface area contributed by atoms with Crippen molar-refractivity contribution in [2.45, 2.75) is 25.4 Å². The molecule has 0 aromatic carbocycles. The molecule has 1 aromatic rings. The lowest BCUT2D eigenvalue weighted by atomic mass is 9.99. The predicted octanol–water partition coefficient (Wildman–Crippen LogP) is 2.75. The number of pyridine rings is 1. The van der Waals surface area contributed by atoms with E-state index < -0.39 is 12.1 Å². The molecule has 0 saturated carbocycles. The van der Waals surface area contributed by atoms with E-state index in [-0.39, 0.29) is 25.4 Å². The average Bonchev–Trinajstić information content (AvgIpc) is 2.56. The number of fused-ring (bicyclic) bond motifs is 1. The number of rotatable bonds is 1. The molecule has 116 valence electrons. The first kappa shape index (κ1) is 16.3. The summed E-state index contributed by atoms with van der Waals surface area (Å²) in [6, 6.07) is 1.87. The highest BCUT2D eigenvalue weighted by molar-refractivity contribution is 14.1. The monoisotopic (exact) mass is 414 g/mol. The molecule has 2 rings (SSSR count). The topological polar surface area (TPSA) is 42.4 Å². The Kier molecular flexibility index (Phi) is 4.64. The summed E-state index contributed by atoms with van der Waals surface area (Å²) in [5.41, 5.74) is 1.56. The van der Waals surface area contributed by atoms with Crippen molar-refractivity contribution in [2.24, 2.45) is 0 Å². The fraction of sp³-hybridized carbons (Fsp3) is 0.538. The van der Waals surface area contributed by atoms with Gasteiger partial charge < -0.3 is 9.64 Å². The summed E-state index contributed by atoms with van der Waals surface area (Å²) >= 11 is 2.07. The minimum absolute atomic E-state index is 0.00638. The molecule has 0 spiro atoms. The zero-order valence-electron chi connectivity index (χ0n) is 11.5.